The molecule has 6 nitrogen and oxygen atoms in total. The van der Waals surface area contributed by atoms with E-state index in [-0.39, 0.29) is 11.7 Å². The minimum atomic E-state index is -0.224. The molecular weight excluding hydrogens is 270 g/mol. The number of rotatable bonds is 6. The highest BCUT2D eigenvalue weighted by atomic mass is 16.6. The van der Waals surface area contributed by atoms with Gasteiger partial charge in [0.25, 0.3) is 0 Å². The largest absolute Gasteiger partial charge is 0.450 e. The zero-order valence-corrected chi connectivity index (χ0v) is 12.5. The second-order valence-electron chi connectivity index (χ2n) is 5.17. The average molecular weight is 293 g/mol. The molecule has 2 rings (SSSR count). The first kappa shape index (κ1) is 15.6. The predicted molar refractivity (Wildman–Crippen MR) is 80.3 cm³/mol. The van der Waals surface area contributed by atoms with Gasteiger partial charge in [-0.1, -0.05) is 6.07 Å². The lowest BCUT2D eigenvalue weighted by atomic mass is 10.2. The Kier molecular flexibility index (Phi) is 5.80. The molecule has 0 spiro atoms. The Morgan fingerprint density at radius 2 is 2.33 bits per heavy atom. The fourth-order valence-electron chi connectivity index (χ4n) is 2.51. The molecule has 1 amide bonds. The number of aromatic nitrogens is 1. The fourth-order valence-corrected chi connectivity index (χ4v) is 2.51. The zero-order valence-electron chi connectivity index (χ0n) is 12.5. The molecule has 1 aromatic heterocycles. The van der Waals surface area contributed by atoms with Crippen molar-refractivity contribution in [3.05, 3.63) is 34.7 Å². The molecule has 0 aromatic carbocycles. The van der Waals surface area contributed by atoms with Gasteiger partial charge < -0.3 is 19.5 Å². The summed E-state index contributed by atoms with van der Waals surface area (Å²) in [7, 11) is 0. The van der Waals surface area contributed by atoms with Gasteiger partial charge in [-0.15, -0.1) is 0 Å². The van der Waals surface area contributed by atoms with Gasteiger partial charge in [-0.25, -0.2) is 4.79 Å². The molecule has 0 saturated carbocycles. The molecule has 0 unspecified atom stereocenters. The Morgan fingerprint density at radius 1 is 1.48 bits per heavy atom. The fraction of sp³-hybridized carbons (Fsp3) is 0.600. The van der Waals surface area contributed by atoms with Crippen molar-refractivity contribution >= 4 is 6.09 Å². The van der Waals surface area contributed by atoms with Gasteiger partial charge in [0.1, 0.15) is 0 Å². The summed E-state index contributed by atoms with van der Waals surface area (Å²) in [5.74, 6) is 0. The molecule has 0 radical (unpaired) electrons. The number of nitrogens with one attached hydrogen (secondary N) is 1. The van der Waals surface area contributed by atoms with E-state index in [1.807, 2.05) is 13.0 Å². The summed E-state index contributed by atoms with van der Waals surface area (Å²) in [5, 5.41) is 3.43. The highest BCUT2D eigenvalue weighted by Crippen LogP contribution is 2.10. The molecular formula is C15H23N3O3. The van der Waals surface area contributed by atoms with E-state index in [4.69, 9.17) is 4.74 Å². The third-order valence-electron chi connectivity index (χ3n) is 3.62. The van der Waals surface area contributed by atoms with E-state index >= 15 is 0 Å². The molecule has 1 atom stereocenters. The number of carbonyl (C=O) groups excluding carboxylic acids is 1. The Morgan fingerprint density at radius 3 is 3.10 bits per heavy atom. The second-order valence-corrected chi connectivity index (χ2v) is 5.17. The summed E-state index contributed by atoms with van der Waals surface area (Å²) in [6.45, 7) is 5.22. The molecule has 1 aliphatic rings. The highest BCUT2D eigenvalue weighted by Gasteiger charge is 2.26. The van der Waals surface area contributed by atoms with Crippen LogP contribution in [0.5, 0.6) is 0 Å². The van der Waals surface area contributed by atoms with Gasteiger partial charge in [0.2, 0.25) is 5.56 Å². The van der Waals surface area contributed by atoms with E-state index in [9.17, 15) is 9.59 Å². The Hall–Kier alpha value is -1.82. The number of hydrogen-bond acceptors (Lipinski definition) is 4. The average Bonchev–Trinajstić information content (AvgIpc) is 2.94. The summed E-state index contributed by atoms with van der Waals surface area (Å²) in [6, 6.07) is 5.51. The molecule has 2 heterocycles. The molecule has 1 fully saturated rings. The van der Waals surface area contributed by atoms with Gasteiger partial charge in [0, 0.05) is 37.9 Å². The van der Waals surface area contributed by atoms with Gasteiger partial charge in [-0.2, -0.15) is 0 Å². The molecule has 1 saturated heterocycles. The normalized spacial score (nSPS) is 18.0. The second kappa shape index (κ2) is 7.83. The topological polar surface area (TPSA) is 63.6 Å². The Bertz CT molecular complexity index is 515. The van der Waals surface area contributed by atoms with E-state index in [0.29, 0.717) is 25.7 Å². The van der Waals surface area contributed by atoms with E-state index in [1.165, 1.54) is 0 Å². The van der Waals surface area contributed by atoms with Crippen molar-refractivity contribution in [1.82, 2.24) is 14.8 Å². The monoisotopic (exact) mass is 293 g/mol. The van der Waals surface area contributed by atoms with E-state index in [1.54, 1.807) is 27.8 Å². The summed E-state index contributed by atoms with van der Waals surface area (Å²) < 4.78 is 6.70. The number of amides is 1. The van der Waals surface area contributed by atoms with Crippen LogP contribution in [0.2, 0.25) is 0 Å². The van der Waals surface area contributed by atoms with Gasteiger partial charge >= 0.3 is 6.09 Å². The quantitative estimate of drug-likeness (QED) is 0.797. The summed E-state index contributed by atoms with van der Waals surface area (Å²) in [4.78, 5) is 24.9. The van der Waals surface area contributed by atoms with Crippen LogP contribution in [-0.2, 0) is 11.3 Å². The highest BCUT2D eigenvalue weighted by molar-refractivity contribution is 5.68. The first-order valence-corrected chi connectivity index (χ1v) is 7.51. The third kappa shape index (κ3) is 4.60. The van der Waals surface area contributed by atoms with Crippen molar-refractivity contribution in [3.8, 4) is 0 Å². The van der Waals surface area contributed by atoms with Crippen LogP contribution in [0.4, 0.5) is 4.79 Å². The maximum atomic E-state index is 11.6. The summed E-state index contributed by atoms with van der Waals surface area (Å²) in [5.41, 5.74) is 0.0341. The van der Waals surface area contributed by atoms with Crippen LogP contribution in [0.1, 0.15) is 19.8 Å². The molecule has 1 N–H and O–H groups in total. The number of pyridine rings is 1. The van der Waals surface area contributed by atoms with Gasteiger partial charge in [0.05, 0.1) is 6.61 Å². The molecule has 6 heteroatoms. The van der Waals surface area contributed by atoms with Crippen LogP contribution >= 0.6 is 0 Å². The van der Waals surface area contributed by atoms with Crippen molar-refractivity contribution in [2.75, 3.05) is 26.2 Å². The molecule has 1 aromatic rings. The lowest BCUT2D eigenvalue weighted by Gasteiger charge is -2.16. The van der Waals surface area contributed by atoms with Crippen LogP contribution in [0, 0.1) is 0 Å². The maximum Gasteiger partial charge on any atom is 0.409 e. The number of nitrogens with zero attached hydrogens (tertiary/aromatic N) is 2. The number of hydrogen-bond donors (Lipinski definition) is 1. The summed E-state index contributed by atoms with van der Waals surface area (Å²) in [6.07, 6.45) is 3.42. The minimum Gasteiger partial charge on any atom is -0.450 e. The van der Waals surface area contributed by atoms with E-state index < -0.39 is 0 Å². The lowest BCUT2D eigenvalue weighted by molar-refractivity contribution is 0.115. The number of ether oxygens (including phenoxy) is 1. The van der Waals surface area contributed by atoms with Gasteiger partial charge in [-0.05, 0) is 32.4 Å². The number of aryl methyl sites for hydroxylation is 1. The van der Waals surface area contributed by atoms with Crippen molar-refractivity contribution in [2.45, 2.75) is 32.4 Å². The molecule has 21 heavy (non-hydrogen) atoms. The van der Waals surface area contributed by atoms with E-state index in [2.05, 4.69) is 5.32 Å². The van der Waals surface area contributed by atoms with Crippen LogP contribution in [-0.4, -0.2) is 47.8 Å². The third-order valence-corrected chi connectivity index (χ3v) is 3.62. The van der Waals surface area contributed by atoms with Crippen molar-refractivity contribution in [1.29, 1.82) is 0 Å². The van der Waals surface area contributed by atoms with Gasteiger partial charge in [0.15, 0.2) is 0 Å². The number of likely N-dealkylation sites (tertiary alicyclic amines) is 1. The van der Waals surface area contributed by atoms with E-state index in [0.717, 1.165) is 25.9 Å². The number of carbonyl (C=O) groups is 1. The standard InChI is InChI=1S/C15H23N3O3/c1-2-21-15(20)18-11-7-13(12-18)16-8-5-10-17-9-4-3-6-14(17)19/h3-4,6,9,13,16H,2,5,7-8,10-12H2,1H3/t13-/m1/s1. The smallest absolute Gasteiger partial charge is 0.409 e. The molecule has 0 aliphatic carbocycles. The van der Waals surface area contributed by atoms with Crippen molar-refractivity contribution in [3.63, 3.8) is 0 Å². The minimum absolute atomic E-state index is 0.0341. The maximum absolute atomic E-state index is 11.6. The summed E-state index contributed by atoms with van der Waals surface area (Å²) >= 11 is 0. The zero-order chi connectivity index (χ0) is 15.1. The van der Waals surface area contributed by atoms with Crippen molar-refractivity contribution in [2.24, 2.45) is 0 Å². The predicted octanol–water partition coefficient (Wildman–Crippen LogP) is 1.06. The van der Waals surface area contributed by atoms with Crippen LogP contribution in [0.15, 0.2) is 29.2 Å². The van der Waals surface area contributed by atoms with Gasteiger partial charge in [-0.3, -0.25) is 4.79 Å². The molecule has 116 valence electrons. The molecule has 1 aliphatic heterocycles. The first-order valence-electron chi connectivity index (χ1n) is 7.51. The van der Waals surface area contributed by atoms with Crippen LogP contribution in [0.25, 0.3) is 0 Å². The molecule has 0 bridgehead atoms. The lowest BCUT2D eigenvalue weighted by Crippen LogP contribution is -2.36. The first-order chi connectivity index (χ1) is 10.2. The Labute approximate surface area is 124 Å². The van der Waals surface area contributed by atoms with Crippen LogP contribution in [0.3, 0.4) is 0 Å². The van der Waals surface area contributed by atoms with Crippen molar-refractivity contribution < 1.29 is 9.53 Å². The Balaban J connectivity index is 1.65. The van der Waals surface area contributed by atoms with Crippen LogP contribution < -0.4 is 10.9 Å². The SMILES string of the molecule is CCOC(=O)N1CC[C@@H](NCCCn2ccccc2=O)C1.